The first-order chi connectivity index (χ1) is 9.26. The molecule has 1 amide bonds. The van der Waals surface area contributed by atoms with Gasteiger partial charge in [0.25, 0.3) is 0 Å². The molecular weight excluding hydrogens is 269 g/mol. The third-order valence-corrected chi connectivity index (χ3v) is 2.56. The fourth-order valence-corrected chi connectivity index (χ4v) is 1.56. The minimum absolute atomic E-state index is 0.333. The molecule has 0 aliphatic carbocycles. The van der Waals surface area contributed by atoms with E-state index in [1.54, 1.807) is 18.2 Å². The Morgan fingerprint density at radius 1 is 1.30 bits per heavy atom. The molecule has 0 saturated carbocycles. The molecule has 2 N–H and O–H groups in total. The molecule has 0 aromatic heterocycles. The second kappa shape index (κ2) is 7.28. The predicted octanol–water partition coefficient (Wildman–Crippen LogP) is 3.47. The standard InChI is InChI=1S/C14H19F3N2O/c1-10(2)18-9-11-4-3-5-12(8-11)19-13(20)6-7-14(15,16)17/h3-5,8,10,18H,6-7,9H2,1-2H3,(H,19,20). The van der Waals surface area contributed by atoms with E-state index in [4.69, 9.17) is 0 Å². The third-order valence-electron chi connectivity index (χ3n) is 2.56. The van der Waals surface area contributed by atoms with Crippen molar-refractivity contribution in [3.8, 4) is 0 Å². The van der Waals surface area contributed by atoms with Crippen LogP contribution in [0.15, 0.2) is 24.3 Å². The van der Waals surface area contributed by atoms with Crippen LogP contribution in [0.5, 0.6) is 0 Å². The van der Waals surface area contributed by atoms with Crippen LogP contribution in [0.25, 0.3) is 0 Å². The summed E-state index contributed by atoms with van der Waals surface area (Å²) < 4.78 is 36.0. The zero-order valence-electron chi connectivity index (χ0n) is 11.6. The summed E-state index contributed by atoms with van der Waals surface area (Å²) in [6, 6.07) is 7.39. The molecule has 0 spiro atoms. The van der Waals surface area contributed by atoms with Crippen LogP contribution in [0.4, 0.5) is 18.9 Å². The van der Waals surface area contributed by atoms with Gasteiger partial charge in [-0.2, -0.15) is 13.2 Å². The Kier molecular flexibility index (Phi) is 6.01. The van der Waals surface area contributed by atoms with E-state index in [1.165, 1.54) is 0 Å². The highest BCUT2D eigenvalue weighted by Gasteiger charge is 2.27. The molecule has 112 valence electrons. The lowest BCUT2D eigenvalue weighted by Crippen LogP contribution is -2.22. The molecule has 6 heteroatoms. The Hall–Kier alpha value is -1.56. The van der Waals surface area contributed by atoms with Crippen molar-refractivity contribution in [3.05, 3.63) is 29.8 Å². The molecule has 1 aromatic rings. The van der Waals surface area contributed by atoms with E-state index in [1.807, 2.05) is 19.9 Å². The molecule has 0 saturated heterocycles. The van der Waals surface area contributed by atoms with Crippen molar-refractivity contribution in [1.29, 1.82) is 0 Å². The van der Waals surface area contributed by atoms with Crippen LogP contribution < -0.4 is 10.6 Å². The minimum Gasteiger partial charge on any atom is -0.326 e. The first kappa shape index (κ1) is 16.5. The number of halogens is 3. The van der Waals surface area contributed by atoms with Crippen LogP contribution in [0.2, 0.25) is 0 Å². The minimum atomic E-state index is -4.31. The summed E-state index contributed by atoms with van der Waals surface area (Å²) in [5, 5.41) is 5.70. The highest BCUT2D eigenvalue weighted by molar-refractivity contribution is 5.90. The van der Waals surface area contributed by atoms with Gasteiger partial charge in [-0.25, -0.2) is 0 Å². The molecular formula is C14H19F3N2O. The normalized spacial score (nSPS) is 11.7. The van der Waals surface area contributed by atoms with Crippen molar-refractivity contribution in [2.75, 3.05) is 5.32 Å². The van der Waals surface area contributed by atoms with E-state index in [9.17, 15) is 18.0 Å². The maximum Gasteiger partial charge on any atom is 0.389 e. The second-order valence-corrected chi connectivity index (χ2v) is 4.90. The summed E-state index contributed by atoms with van der Waals surface area (Å²) in [7, 11) is 0. The van der Waals surface area contributed by atoms with E-state index in [0.29, 0.717) is 18.3 Å². The first-order valence-electron chi connectivity index (χ1n) is 6.45. The number of anilines is 1. The number of nitrogens with one attached hydrogen (secondary N) is 2. The van der Waals surface area contributed by atoms with Gasteiger partial charge in [-0.1, -0.05) is 26.0 Å². The molecule has 3 nitrogen and oxygen atoms in total. The van der Waals surface area contributed by atoms with Crippen LogP contribution in [0.1, 0.15) is 32.3 Å². The summed E-state index contributed by atoms with van der Waals surface area (Å²) in [4.78, 5) is 11.4. The van der Waals surface area contributed by atoms with Crippen LogP contribution in [-0.2, 0) is 11.3 Å². The van der Waals surface area contributed by atoms with Gasteiger partial charge in [0.1, 0.15) is 0 Å². The second-order valence-electron chi connectivity index (χ2n) is 4.90. The topological polar surface area (TPSA) is 41.1 Å². The smallest absolute Gasteiger partial charge is 0.326 e. The Bertz CT molecular complexity index is 444. The van der Waals surface area contributed by atoms with Crippen LogP contribution in [-0.4, -0.2) is 18.1 Å². The van der Waals surface area contributed by atoms with Crippen molar-refractivity contribution in [3.63, 3.8) is 0 Å². The first-order valence-corrected chi connectivity index (χ1v) is 6.45. The Balaban J connectivity index is 2.51. The van der Waals surface area contributed by atoms with Gasteiger partial charge in [-0.15, -0.1) is 0 Å². The van der Waals surface area contributed by atoms with Gasteiger partial charge in [0, 0.05) is 24.7 Å². The number of hydrogen-bond donors (Lipinski definition) is 2. The number of alkyl halides is 3. The fourth-order valence-electron chi connectivity index (χ4n) is 1.56. The van der Waals surface area contributed by atoms with E-state index in [2.05, 4.69) is 10.6 Å². The number of rotatable bonds is 6. The average molecular weight is 288 g/mol. The third kappa shape index (κ3) is 7.13. The molecule has 0 heterocycles. The number of carbonyl (C=O) groups is 1. The van der Waals surface area contributed by atoms with Crippen LogP contribution in [0, 0.1) is 0 Å². The molecule has 0 aliphatic rings. The Morgan fingerprint density at radius 2 is 2.00 bits per heavy atom. The average Bonchev–Trinajstić information content (AvgIpc) is 2.34. The Labute approximate surface area is 116 Å². The van der Waals surface area contributed by atoms with Crippen molar-refractivity contribution >= 4 is 11.6 Å². The van der Waals surface area contributed by atoms with Gasteiger partial charge >= 0.3 is 6.18 Å². The van der Waals surface area contributed by atoms with E-state index >= 15 is 0 Å². The number of amides is 1. The van der Waals surface area contributed by atoms with Gasteiger partial charge in [-0.05, 0) is 17.7 Å². The molecule has 0 unspecified atom stereocenters. The lowest BCUT2D eigenvalue weighted by atomic mass is 10.2. The monoisotopic (exact) mass is 288 g/mol. The summed E-state index contributed by atoms with van der Waals surface area (Å²) >= 11 is 0. The van der Waals surface area contributed by atoms with Crippen molar-refractivity contribution in [2.45, 2.75) is 45.5 Å². The largest absolute Gasteiger partial charge is 0.389 e. The summed E-state index contributed by atoms with van der Waals surface area (Å²) in [5.74, 6) is -0.628. The van der Waals surface area contributed by atoms with Gasteiger partial charge in [0.2, 0.25) is 5.91 Å². The number of carbonyl (C=O) groups excluding carboxylic acids is 1. The molecule has 0 atom stereocenters. The van der Waals surface area contributed by atoms with E-state index in [0.717, 1.165) is 5.56 Å². The Morgan fingerprint density at radius 3 is 2.60 bits per heavy atom. The fraction of sp³-hybridized carbons (Fsp3) is 0.500. The predicted molar refractivity (Wildman–Crippen MR) is 72.3 cm³/mol. The zero-order valence-corrected chi connectivity index (χ0v) is 11.6. The van der Waals surface area contributed by atoms with Crippen molar-refractivity contribution in [2.24, 2.45) is 0 Å². The van der Waals surface area contributed by atoms with Crippen LogP contribution >= 0.6 is 0 Å². The van der Waals surface area contributed by atoms with Crippen molar-refractivity contribution < 1.29 is 18.0 Å². The lowest BCUT2D eigenvalue weighted by molar-refractivity contribution is -0.142. The maximum atomic E-state index is 12.0. The van der Waals surface area contributed by atoms with Gasteiger partial charge < -0.3 is 10.6 Å². The number of benzene rings is 1. The summed E-state index contributed by atoms with van der Waals surface area (Å²) in [6.07, 6.45) is -5.97. The zero-order chi connectivity index (χ0) is 15.2. The number of hydrogen-bond acceptors (Lipinski definition) is 2. The quantitative estimate of drug-likeness (QED) is 0.841. The molecule has 1 aromatic carbocycles. The van der Waals surface area contributed by atoms with E-state index < -0.39 is 24.9 Å². The molecule has 0 bridgehead atoms. The van der Waals surface area contributed by atoms with E-state index in [-0.39, 0.29) is 0 Å². The summed E-state index contributed by atoms with van der Waals surface area (Å²) in [5.41, 5.74) is 1.48. The highest BCUT2D eigenvalue weighted by Crippen LogP contribution is 2.21. The van der Waals surface area contributed by atoms with Gasteiger partial charge in [0.05, 0.1) is 6.42 Å². The van der Waals surface area contributed by atoms with Gasteiger partial charge in [-0.3, -0.25) is 4.79 Å². The SMILES string of the molecule is CC(C)NCc1cccc(NC(=O)CCC(F)(F)F)c1. The molecule has 20 heavy (non-hydrogen) atoms. The summed E-state index contributed by atoms with van der Waals surface area (Å²) in [6.45, 7) is 4.68. The highest BCUT2D eigenvalue weighted by atomic mass is 19.4. The molecule has 0 fully saturated rings. The molecule has 0 radical (unpaired) electrons. The maximum absolute atomic E-state index is 12.0. The molecule has 0 aliphatic heterocycles. The lowest BCUT2D eigenvalue weighted by Gasteiger charge is -2.11. The van der Waals surface area contributed by atoms with Gasteiger partial charge in [0.15, 0.2) is 0 Å². The van der Waals surface area contributed by atoms with Crippen LogP contribution in [0.3, 0.4) is 0 Å². The van der Waals surface area contributed by atoms with Crippen molar-refractivity contribution in [1.82, 2.24) is 5.32 Å². The molecule has 1 rings (SSSR count).